The van der Waals surface area contributed by atoms with Crippen LogP contribution in [0.4, 0.5) is 24.5 Å². The summed E-state index contributed by atoms with van der Waals surface area (Å²) in [4.78, 5) is 22.1. The fourth-order valence-electron chi connectivity index (χ4n) is 2.08. The number of non-ortho nitro benzene ring substituents is 1. The molecule has 2 aromatic rings. The van der Waals surface area contributed by atoms with E-state index in [4.69, 9.17) is 0 Å². The topological polar surface area (TPSA) is 116 Å². The summed E-state index contributed by atoms with van der Waals surface area (Å²) in [6, 6.07) is 7.84. The lowest BCUT2D eigenvalue weighted by Gasteiger charge is -2.14. The van der Waals surface area contributed by atoms with Crippen LogP contribution in [0.1, 0.15) is 10.4 Å². The fraction of sp³-hybridized carbons (Fsp3) is 0.188. The SMILES string of the molecule is CS(=O)(=O)c1cc(C(=O)Nc2ccccc2OCC(F)(F)F)cc([N+](=O)[O-])c1. The predicted octanol–water partition coefficient (Wildman–Crippen LogP) is 3.19. The van der Waals surface area contributed by atoms with Crippen LogP contribution in [0.15, 0.2) is 47.4 Å². The van der Waals surface area contributed by atoms with Crippen LogP contribution in [0.3, 0.4) is 0 Å². The second-order valence-electron chi connectivity index (χ2n) is 5.60. The molecule has 1 N–H and O–H groups in total. The highest BCUT2D eigenvalue weighted by molar-refractivity contribution is 7.90. The zero-order chi connectivity index (χ0) is 21.1. The molecule has 0 fully saturated rings. The molecule has 2 rings (SSSR count). The molecule has 0 bridgehead atoms. The lowest BCUT2D eigenvalue weighted by Crippen LogP contribution is -2.20. The van der Waals surface area contributed by atoms with Gasteiger partial charge < -0.3 is 10.1 Å². The van der Waals surface area contributed by atoms with Crippen LogP contribution in [0.25, 0.3) is 0 Å². The molecule has 8 nitrogen and oxygen atoms in total. The number of para-hydroxylation sites is 2. The number of carbonyl (C=O) groups is 1. The number of alkyl halides is 3. The average Bonchev–Trinajstić information content (AvgIpc) is 2.59. The number of nitro benzene ring substituents is 1. The smallest absolute Gasteiger partial charge is 0.422 e. The molecule has 0 unspecified atom stereocenters. The second kappa shape index (κ2) is 7.84. The summed E-state index contributed by atoms with van der Waals surface area (Å²) in [6.45, 7) is -1.59. The van der Waals surface area contributed by atoms with Crippen molar-refractivity contribution in [3.63, 3.8) is 0 Å². The molecule has 0 atom stereocenters. The van der Waals surface area contributed by atoms with Gasteiger partial charge in [-0.25, -0.2) is 8.42 Å². The summed E-state index contributed by atoms with van der Waals surface area (Å²) >= 11 is 0. The van der Waals surface area contributed by atoms with Crippen molar-refractivity contribution in [2.75, 3.05) is 18.2 Å². The number of halogens is 3. The highest BCUT2D eigenvalue weighted by atomic mass is 32.2. The van der Waals surface area contributed by atoms with Crippen molar-refractivity contribution in [3.8, 4) is 5.75 Å². The maximum absolute atomic E-state index is 12.4. The number of sulfone groups is 1. The van der Waals surface area contributed by atoms with Gasteiger partial charge in [-0.05, 0) is 18.2 Å². The van der Waals surface area contributed by atoms with Gasteiger partial charge >= 0.3 is 6.18 Å². The van der Waals surface area contributed by atoms with Gasteiger partial charge in [0.05, 0.1) is 15.5 Å². The largest absolute Gasteiger partial charge is 0.482 e. The Kier molecular flexibility index (Phi) is 5.92. The molecule has 0 aliphatic rings. The van der Waals surface area contributed by atoms with Crippen molar-refractivity contribution in [1.29, 1.82) is 0 Å². The van der Waals surface area contributed by atoms with Gasteiger partial charge in [0.15, 0.2) is 16.4 Å². The Bertz CT molecular complexity index is 1020. The lowest BCUT2D eigenvalue weighted by molar-refractivity contribution is -0.385. The molecule has 0 heterocycles. The zero-order valence-corrected chi connectivity index (χ0v) is 15.0. The maximum Gasteiger partial charge on any atom is 0.422 e. The van der Waals surface area contributed by atoms with Gasteiger partial charge in [-0.15, -0.1) is 0 Å². The van der Waals surface area contributed by atoms with Crippen molar-refractivity contribution in [3.05, 3.63) is 58.1 Å². The van der Waals surface area contributed by atoms with Gasteiger partial charge in [0, 0.05) is 24.0 Å². The summed E-state index contributed by atoms with van der Waals surface area (Å²) in [5.74, 6) is -1.24. The quantitative estimate of drug-likeness (QED) is 0.569. The first-order valence-electron chi connectivity index (χ1n) is 7.46. The third-order valence-electron chi connectivity index (χ3n) is 3.32. The molecule has 28 heavy (non-hydrogen) atoms. The Morgan fingerprint density at radius 1 is 1.21 bits per heavy atom. The number of hydrogen-bond donors (Lipinski definition) is 1. The van der Waals surface area contributed by atoms with E-state index < -0.39 is 44.0 Å². The molecule has 0 aliphatic heterocycles. The number of benzene rings is 2. The minimum atomic E-state index is -4.60. The van der Waals surface area contributed by atoms with Gasteiger partial charge in [-0.1, -0.05) is 12.1 Å². The monoisotopic (exact) mass is 418 g/mol. The van der Waals surface area contributed by atoms with Gasteiger partial charge in [0.25, 0.3) is 11.6 Å². The molecule has 0 spiro atoms. The molecular weight excluding hydrogens is 405 g/mol. The van der Waals surface area contributed by atoms with E-state index in [-0.39, 0.29) is 17.0 Å². The third kappa shape index (κ3) is 5.67. The van der Waals surface area contributed by atoms with Gasteiger partial charge in [-0.3, -0.25) is 14.9 Å². The number of ether oxygens (including phenoxy) is 1. The highest BCUT2D eigenvalue weighted by Gasteiger charge is 2.29. The van der Waals surface area contributed by atoms with E-state index >= 15 is 0 Å². The highest BCUT2D eigenvalue weighted by Crippen LogP contribution is 2.28. The number of nitrogens with one attached hydrogen (secondary N) is 1. The molecular formula is C16H13F3N2O6S. The fourth-order valence-corrected chi connectivity index (χ4v) is 2.76. The van der Waals surface area contributed by atoms with Crippen molar-refractivity contribution < 1.29 is 36.0 Å². The first-order valence-corrected chi connectivity index (χ1v) is 9.35. The van der Waals surface area contributed by atoms with Gasteiger partial charge in [0.2, 0.25) is 0 Å². The Morgan fingerprint density at radius 3 is 2.43 bits per heavy atom. The number of nitro groups is 1. The molecule has 2 aromatic carbocycles. The van der Waals surface area contributed by atoms with Crippen LogP contribution in [0, 0.1) is 10.1 Å². The van der Waals surface area contributed by atoms with Gasteiger partial charge in [-0.2, -0.15) is 13.2 Å². The number of anilines is 1. The number of hydrogen-bond acceptors (Lipinski definition) is 6. The molecule has 0 radical (unpaired) electrons. The molecule has 0 saturated carbocycles. The van der Waals surface area contributed by atoms with Crippen molar-refractivity contribution in [2.45, 2.75) is 11.1 Å². The lowest BCUT2D eigenvalue weighted by atomic mass is 10.2. The average molecular weight is 418 g/mol. The second-order valence-corrected chi connectivity index (χ2v) is 7.61. The normalized spacial score (nSPS) is 11.7. The van der Waals surface area contributed by atoms with E-state index in [9.17, 15) is 36.5 Å². The maximum atomic E-state index is 12.4. The summed E-state index contributed by atoms with van der Waals surface area (Å²) in [5.41, 5.74) is -1.11. The first kappa shape index (κ1) is 21.2. The van der Waals surface area contributed by atoms with Gasteiger partial charge in [0.1, 0.15) is 5.75 Å². The van der Waals surface area contributed by atoms with Crippen molar-refractivity contribution in [2.24, 2.45) is 0 Å². The Hall–Kier alpha value is -3.15. The Balaban J connectivity index is 2.36. The predicted molar refractivity (Wildman–Crippen MR) is 92.2 cm³/mol. The van der Waals surface area contributed by atoms with Crippen LogP contribution in [-0.2, 0) is 9.84 Å². The summed E-state index contributed by atoms with van der Waals surface area (Å²) in [6.07, 6.45) is -3.78. The minimum Gasteiger partial charge on any atom is -0.482 e. The molecule has 0 aromatic heterocycles. The molecule has 1 amide bonds. The van der Waals surface area contributed by atoms with E-state index in [1.807, 2.05) is 0 Å². The number of nitrogens with zero attached hydrogens (tertiary/aromatic N) is 1. The standard InChI is InChI=1S/C16H13F3N2O6S/c1-28(25,26)12-7-10(6-11(8-12)21(23)24)15(22)20-13-4-2-3-5-14(13)27-9-16(17,18)19/h2-8H,9H2,1H3,(H,20,22). The first-order chi connectivity index (χ1) is 12.9. The molecule has 150 valence electrons. The Labute approximate surface area is 157 Å². The van der Waals surface area contributed by atoms with Crippen molar-refractivity contribution >= 4 is 27.1 Å². The van der Waals surface area contributed by atoms with Crippen LogP contribution in [0.2, 0.25) is 0 Å². The zero-order valence-electron chi connectivity index (χ0n) is 14.2. The number of amides is 1. The molecule has 12 heteroatoms. The third-order valence-corrected chi connectivity index (χ3v) is 4.41. The van der Waals surface area contributed by atoms with E-state index in [0.29, 0.717) is 0 Å². The van der Waals surface area contributed by atoms with E-state index in [0.717, 1.165) is 24.5 Å². The van der Waals surface area contributed by atoms with Crippen LogP contribution < -0.4 is 10.1 Å². The summed E-state index contributed by atoms with van der Waals surface area (Å²) in [5, 5.41) is 13.3. The molecule has 0 aliphatic carbocycles. The summed E-state index contributed by atoms with van der Waals surface area (Å²) in [7, 11) is -3.86. The summed E-state index contributed by atoms with van der Waals surface area (Å²) < 4.78 is 65.1. The van der Waals surface area contributed by atoms with Crippen LogP contribution in [0.5, 0.6) is 5.75 Å². The van der Waals surface area contributed by atoms with E-state index in [2.05, 4.69) is 10.1 Å². The number of carbonyl (C=O) groups excluding carboxylic acids is 1. The van der Waals surface area contributed by atoms with Crippen LogP contribution >= 0.6 is 0 Å². The van der Waals surface area contributed by atoms with E-state index in [1.165, 1.54) is 24.3 Å². The Morgan fingerprint density at radius 2 is 1.86 bits per heavy atom. The van der Waals surface area contributed by atoms with Crippen molar-refractivity contribution in [1.82, 2.24) is 0 Å². The van der Waals surface area contributed by atoms with Crippen LogP contribution in [-0.4, -0.2) is 38.3 Å². The molecule has 0 saturated heterocycles. The number of rotatable bonds is 6. The van der Waals surface area contributed by atoms with E-state index in [1.54, 1.807) is 0 Å². The minimum absolute atomic E-state index is 0.121.